The van der Waals surface area contributed by atoms with Crippen LogP contribution in [0.25, 0.3) is 0 Å². The van der Waals surface area contributed by atoms with Gasteiger partial charge in [0.05, 0.1) is 19.6 Å². The Morgan fingerprint density at radius 2 is 1.57 bits per heavy atom. The molecule has 0 rings (SSSR count). The summed E-state index contributed by atoms with van der Waals surface area (Å²) in [4.78, 5) is 10.6. The third-order valence-corrected chi connectivity index (χ3v) is 4.65. The third-order valence-electron chi connectivity index (χ3n) is 4.65. The van der Waals surface area contributed by atoms with Gasteiger partial charge in [-0.3, -0.25) is 0 Å². The van der Waals surface area contributed by atoms with Crippen LogP contribution in [0.5, 0.6) is 0 Å². The molecule has 0 aliphatic rings. The summed E-state index contributed by atoms with van der Waals surface area (Å²) < 4.78 is 0.939. The number of carbonyl (C=O) groups excluding carboxylic acids is 1. The highest BCUT2D eigenvalue weighted by atomic mass is 16.4. The molecule has 1 unspecified atom stereocenters. The molecule has 0 saturated heterocycles. The molecule has 0 aromatic heterocycles. The van der Waals surface area contributed by atoms with Gasteiger partial charge >= 0.3 is 0 Å². The topological polar surface area (TPSA) is 60.4 Å². The maximum atomic E-state index is 10.6. The molecule has 0 amide bonds. The summed E-state index contributed by atoms with van der Waals surface area (Å²) in [6, 6.07) is 0. The highest BCUT2D eigenvalue weighted by Gasteiger charge is 2.28. The Balaban J connectivity index is 4.46. The Kier molecular flexibility index (Phi) is 13.4. The van der Waals surface area contributed by atoms with E-state index in [1.807, 2.05) is 0 Å². The van der Waals surface area contributed by atoms with Crippen LogP contribution in [0.15, 0.2) is 0 Å². The minimum Gasteiger partial charge on any atom is -0.550 e. The van der Waals surface area contributed by atoms with Gasteiger partial charge in [0.2, 0.25) is 0 Å². The van der Waals surface area contributed by atoms with Crippen molar-refractivity contribution in [1.82, 2.24) is 0 Å². The molecule has 0 radical (unpaired) electrons. The molecule has 0 spiro atoms. The van der Waals surface area contributed by atoms with Crippen LogP contribution in [0.3, 0.4) is 0 Å². The van der Waals surface area contributed by atoms with Gasteiger partial charge in [-0.05, 0) is 38.5 Å². The molecule has 1 atom stereocenters. The molecule has 0 aliphatic carbocycles. The molecule has 138 valence electrons. The number of hydrogen-bond acceptors (Lipinski definition) is 3. The van der Waals surface area contributed by atoms with Crippen LogP contribution in [0, 0.1) is 0 Å². The van der Waals surface area contributed by atoms with E-state index in [0.717, 1.165) is 62.8 Å². The quantitative estimate of drug-likeness (QED) is 0.350. The van der Waals surface area contributed by atoms with E-state index >= 15 is 0 Å². The number of rotatable bonds is 16. The minimum absolute atomic E-state index is 0.151. The summed E-state index contributed by atoms with van der Waals surface area (Å²) in [7, 11) is 0. The Morgan fingerprint density at radius 1 is 0.913 bits per heavy atom. The molecule has 0 saturated carbocycles. The van der Waals surface area contributed by atoms with Crippen molar-refractivity contribution in [1.29, 1.82) is 0 Å². The number of aliphatic hydroxyl groups excluding tert-OH is 1. The van der Waals surface area contributed by atoms with Crippen molar-refractivity contribution in [3.05, 3.63) is 0 Å². The van der Waals surface area contributed by atoms with Gasteiger partial charge < -0.3 is 19.5 Å². The smallest absolute Gasteiger partial charge is 0.105 e. The minimum atomic E-state index is -0.954. The summed E-state index contributed by atoms with van der Waals surface area (Å²) in [5.41, 5.74) is 0. The molecule has 0 aliphatic heterocycles. The SMILES string of the molecule is CCCCCCC(O)C[N+](CCC)(CCC)CCCCC(=O)[O-]. The largest absolute Gasteiger partial charge is 0.550 e. The number of nitrogens with zero attached hydrogens (tertiary/aromatic N) is 1. The van der Waals surface area contributed by atoms with Gasteiger partial charge in [0.15, 0.2) is 0 Å². The Hall–Kier alpha value is -0.610. The monoisotopic (exact) mass is 329 g/mol. The third kappa shape index (κ3) is 11.5. The summed E-state index contributed by atoms with van der Waals surface area (Å²) in [5.74, 6) is -0.954. The second kappa shape index (κ2) is 13.8. The summed E-state index contributed by atoms with van der Waals surface area (Å²) in [6.45, 7) is 10.5. The van der Waals surface area contributed by atoms with Crippen LogP contribution in [0.4, 0.5) is 0 Å². The van der Waals surface area contributed by atoms with Crippen LogP contribution >= 0.6 is 0 Å². The number of unbranched alkanes of at least 4 members (excludes halogenated alkanes) is 4. The maximum Gasteiger partial charge on any atom is 0.105 e. The second-order valence-electron chi connectivity index (χ2n) is 7.03. The van der Waals surface area contributed by atoms with Gasteiger partial charge in [-0.15, -0.1) is 0 Å². The van der Waals surface area contributed by atoms with E-state index in [0.29, 0.717) is 6.42 Å². The van der Waals surface area contributed by atoms with E-state index in [1.165, 1.54) is 19.3 Å². The molecule has 0 aromatic carbocycles. The van der Waals surface area contributed by atoms with Crippen molar-refractivity contribution in [2.45, 2.75) is 91.1 Å². The van der Waals surface area contributed by atoms with E-state index in [4.69, 9.17) is 0 Å². The highest BCUT2D eigenvalue weighted by Crippen LogP contribution is 2.17. The summed E-state index contributed by atoms with van der Waals surface area (Å²) >= 11 is 0. The van der Waals surface area contributed by atoms with Crippen molar-refractivity contribution < 1.29 is 19.5 Å². The van der Waals surface area contributed by atoms with Crippen LogP contribution in [0.2, 0.25) is 0 Å². The number of carboxylic acids is 1. The lowest BCUT2D eigenvalue weighted by molar-refractivity contribution is -0.931. The molecule has 0 fully saturated rings. The van der Waals surface area contributed by atoms with Gasteiger partial charge in [0, 0.05) is 5.97 Å². The molecule has 0 heterocycles. The van der Waals surface area contributed by atoms with Crippen molar-refractivity contribution in [3.63, 3.8) is 0 Å². The average molecular weight is 330 g/mol. The fourth-order valence-corrected chi connectivity index (χ4v) is 3.62. The highest BCUT2D eigenvalue weighted by molar-refractivity contribution is 5.64. The first-order valence-electron chi connectivity index (χ1n) is 9.72. The fourth-order valence-electron chi connectivity index (χ4n) is 3.62. The van der Waals surface area contributed by atoms with Crippen molar-refractivity contribution >= 4 is 5.97 Å². The number of carbonyl (C=O) groups is 1. The molecule has 0 aromatic rings. The van der Waals surface area contributed by atoms with E-state index < -0.39 is 5.97 Å². The standard InChI is InChI=1S/C19H39NO3/c1-4-7-8-9-12-18(21)17-20(14-5-2,15-6-3)16-11-10-13-19(22)23/h18,21H,4-17H2,1-3H3. The fraction of sp³-hybridized carbons (Fsp3) is 0.947. The molecule has 4 nitrogen and oxygen atoms in total. The Labute approximate surface area is 143 Å². The Bertz CT molecular complexity index is 288. The predicted octanol–water partition coefficient (Wildman–Crippen LogP) is 2.87. The summed E-state index contributed by atoms with van der Waals surface area (Å²) in [5, 5.41) is 21.0. The first kappa shape index (κ1) is 22.4. The zero-order valence-corrected chi connectivity index (χ0v) is 15.7. The van der Waals surface area contributed by atoms with Gasteiger partial charge in [-0.1, -0.05) is 46.5 Å². The number of quaternary nitrogens is 1. The molecule has 23 heavy (non-hydrogen) atoms. The van der Waals surface area contributed by atoms with Gasteiger partial charge in [-0.25, -0.2) is 0 Å². The lowest BCUT2D eigenvalue weighted by Crippen LogP contribution is -2.53. The van der Waals surface area contributed by atoms with E-state index in [9.17, 15) is 15.0 Å². The molecular formula is C19H39NO3. The van der Waals surface area contributed by atoms with Crippen molar-refractivity contribution in [3.8, 4) is 0 Å². The predicted molar refractivity (Wildman–Crippen MR) is 93.9 cm³/mol. The van der Waals surface area contributed by atoms with E-state index in [-0.39, 0.29) is 12.5 Å². The second-order valence-corrected chi connectivity index (χ2v) is 7.03. The number of hydrogen-bond donors (Lipinski definition) is 1. The maximum absolute atomic E-state index is 10.6. The molecule has 4 heteroatoms. The van der Waals surface area contributed by atoms with Gasteiger partial charge in [-0.2, -0.15) is 0 Å². The lowest BCUT2D eigenvalue weighted by Gasteiger charge is -2.40. The van der Waals surface area contributed by atoms with Crippen molar-refractivity contribution in [2.75, 3.05) is 26.2 Å². The van der Waals surface area contributed by atoms with E-state index in [2.05, 4.69) is 20.8 Å². The molecule has 0 bridgehead atoms. The van der Waals surface area contributed by atoms with Crippen LogP contribution < -0.4 is 5.11 Å². The number of aliphatic carboxylic acids is 1. The number of carboxylic acid groups (broad SMARTS) is 1. The zero-order valence-electron chi connectivity index (χ0n) is 15.7. The van der Waals surface area contributed by atoms with Crippen molar-refractivity contribution in [2.24, 2.45) is 0 Å². The Morgan fingerprint density at radius 3 is 2.09 bits per heavy atom. The first-order chi connectivity index (χ1) is 11.0. The van der Waals surface area contributed by atoms with E-state index in [1.54, 1.807) is 0 Å². The van der Waals surface area contributed by atoms with Crippen LogP contribution in [0.1, 0.15) is 85.0 Å². The molecular weight excluding hydrogens is 290 g/mol. The number of aliphatic hydroxyl groups is 1. The van der Waals surface area contributed by atoms with Gasteiger partial charge in [0.1, 0.15) is 12.6 Å². The van der Waals surface area contributed by atoms with Gasteiger partial charge in [0.25, 0.3) is 0 Å². The normalized spacial score (nSPS) is 13.2. The zero-order chi connectivity index (χ0) is 17.6. The summed E-state index contributed by atoms with van der Waals surface area (Å²) in [6.07, 6.45) is 9.39. The average Bonchev–Trinajstić information content (AvgIpc) is 2.48. The first-order valence-corrected chi connectivity index (χ1v) is 9.72. The van der Waals surface area contributed by atoms with Crippen LogP contribution in [-0.2, 0) is 4.79 Å². The molecule has 1 N–H and O–H groups in total. The lowest BCUT2D eigenvalue weighted by atomic mass is 10.1. The van der Waals surface area contributed by atoms with Crippen LogP contribution in [-0.4, -0.2) is 47.8 Å².